The van der Waals surface area contributed by atoms with Gasteiger partial charge in [-0.25, -0.2) is 0 Å². The van der Waals surface area contributed by atoms with E-state index in [1.165, 1.54) is 0 Å². The van der Waals surface area contributed by atoms with Crippen LogP contribution in [0.3, 0.4) is 0 Å². The average molecular weight is 172 g/mol. The second-order valence-corrected chi connectivity index (χ2v) is 2.84. The molecule has 0 radical (unpaired) electrons. The summed E-state index contributed by atoms with van der Waals surface area (Å²) >= 11 is 0. The summed E-state index contributed by atoms with van der Waals surface area (Å²) in [4.78, 5) is 10.3. The fraction of sp³-hybridized carbons (Fsp3) is 0.750. The molecular formula is C8H16N2O2. The molecule has 0 saturated carbocycles. The Kier molecular flexibility index (Phi) is 5.28. The number of hydrogen-bond acceptors (Lipinski definition) is 3. The Hall–Kier alpha value is -0.900. The molecule has 1 unspecified atom stereocenters. The summed E-state index contributed by atoms with van der Waals surface area (Å²) in [6.07, 6.45) is 2.54. The van der Waals surface area contributed by atoms with E-state index < -0.39 is 12.0 Å². The zero-order chi connectivity index (χ0) is 9.56. The molecule has 0 bridgehead atoms. The summed E-state index contributed by atoms with van der Waals surface area (Å²) in [6, 6.07) is -0.817. The first-order valence-corrected chi connectivity index (χ1v) is 4.12. The van der Waals surface area contributed by atoms with Crippen LogP contribution in [0.1, 0.15) is 32.6 Å². The predicted octanol–water partition coefficient (Wildman–Crippen LogP) is 0.998. The van der Waals surface area contributed by atoms with Crippen molar-refractivity contribution in [2.45, 2.75) is 38.6 Å². The van der Waals surface area contributed by atoms with Gasteiger partial charge in [-0.1, -0.05) is 13.3 Å². The van der Waals surface area contributed by atoms with Gasteiger partial charge < -0.3 is 16.2 Å². The highest BCUT2D eigenvalue weighted by Gasteiger charge is 2.11. The van der Waals surface area contributed by atoms with Crippen molar-refractivity contribution in [1.82, 2.24) is 0 Å². The van der Waals surface area contributed by atoms with Crippen molar-refractivity contribution in [3.63, 3.8) is 0 Å². The number of rotatable bonds is 6. The van der Waals surface area contributed by atoms with Gasteiger partial charge in [-0.15, -0.1) is 0 Å². The van der Waals surface area contributed by atoms with Crippen molar-refractivity contribution >= 4 is 11.7 Å². The van der Waals surface area contributed by atoms with Crippen molar-refractivity contribution < 1.29 is 9.90 Å². The largest absolute Gasteiger partial charge is 0.480 e. The molecule has 0 spiro atoms. The lowest BCUT2D eigenvalue weighted by Crippen LogP contribution is -2.30. The molecule has 4 N–H and O–H groups in total. The van der Waals surface area contributed by atoms with Gasteiger partial charge in [-0.3, -0.25) is 4.79 Å². The molecule has 0 heterocycles. The minimum Gasteiger partial charge on any atom is -0.480 e. The molecule has 4 nitrogen and oxygen atoms in total. The summed E-state index contributed by atoms with van der Waals surface area (Å²) in [7, 11) is 0. The molecule has 0 aliphatic carbocycles. The molecule has 0 fully saturated rings. The second kappa shape index (κ2) is 5.71. The van der Waals surface area contributed by atoms with Gasteiger partial charge in [0.1, 0.15) is 6.04 Å². The molecule has 0 aromatic rings. The molecule has 0 aromatic carbocycles. The predicted molar refractivity (Wildman–Crippen MR) is 47.5 cm³/mol. The van der Waals surface area contributed by atoms with Gasteiger partial charge in [0.25, 0.3) is 0 Å². The average Bonchev–Trinajstić information content (AvgIpc) is 2.00. The molecule has 1 atom stereocenters. The number of nitrogens with two attached hydrogens (primary N) is 1. The zero-order valence-corrected chi connectivity index (χ0v) is 7.34. The van der Waals surface area contributed by atoms with E-state index in [4.69, 9.17) is 16.2 Å². The number of aliphatic carboxylic acids is 1. The van der Waals surface area contributed by atoms with Crippen molar-refractivity contribution in [2.24, 2.45) is 5.73 Å². The summed E-state index contributed by atoms with van der Waals surface area (Å²) in [5, 5.41) is 15.8. The topological polar surface area (TPSA) is 87.2 Å². The van der Waals surface area contributed by atoms with Crippen LogP contribution >= 0.6 is 0 Å². The minimum atomic E-state index is -0.987. The van der Waals surface area contributed by atoms with Crippen LogP contribution in [0.4, 0.5) is 0 Å². The van der Waals surface area contributed by atoms with Gasteiger partial charge in [0, 0.05) is 5.71 Å². The highest BCUT2D eigenvalue weighted by Crippen LogP contribution is 2.01. The van der Waals surface area contributed by atoms with E-state index >= 15 is 0 Å². The van der Waals surface area contributed by atoms with E-state index in [-0.39, 0.29) is 0 Å². The molecule has 0 amide bonds. The van der Waals surface area contributed by atoms with Crippen LogP contribution < -0.4 is 5.73 Å². The fourth-order valence-electron chi connectivity index (χ4n) is 0.880. The quantitative estimate of drug-likeness (QED) is 0.522. The SMILES string of the molecule is CCCC(=N)CCC(N)C(=O)O. The summed E-state index contributed by atoms with van der Waals surface area (Å²) in [5.41, 5.74) is 5.86. The van der Waals surface area contributed by atoms with Crippen molar-refractivity contribution in [2.75, 3.05) is 0 Å². The van der Waals surface area contributed by atoms with E-state index in [0.717, 1.165) is 12.8 Å². The van der Waals surface area contributed by atoms with Gasteiger partial charge in [0.05, 0.1) is 0 Å². The van der Waals surface area contributed by atoms with E-state index in [1.807, 2.05) is 6.92 Å². The first-order chi connectivity index (χ1) is 5.57. The second-order valence-electron chi connectivity index (χ2n) is 2.84. The van der Waals surface area contributed by atoms with Crippen LogP contribution in [-0.4, -0.2) is 22.8 Å². The lowest BCUT2D eigenvalue weighted by Gasteiger charge is -2.05. The Morgan fingerprint density at radius 2 is 2.17 bits per heavy atom. The highest BCUT2D eigenvalue weighted by molar-refractivity contribution is 5.82. The first kappa shape index (κ1) is 11.1. The maximum absolute atomic E-state index is 10.3. The lowest BCUT2D eigenvalue weighted by molar-refractivity contribution is -0.138. The number of carboxylic acids is 1. The van der Waals surface area contributed by atoms with Crippen LogP contribution in [0.2, 0.25) is 0 Å². The van der Waals surface area contributed by atoms with Gasteiger partial charge >= 0.3 is 5.97 Å². The van der Waals surface area contributed by atoms with Crippen LogP contribution in [0, 0.1) is 5.41 Å². The fourth-order valence-corrected chi connectivity index (χ4v) is 0.880. The molecule has 0 aliphatic heterocycles. The van der Waals surface area contributed by atoms with Gasteiger partial charge in [0.15, 0.2) is 0 Å². The van der Waals surface area contributed by atoms with E-state index in [9.17, 15) is 4.79 Å². The highest BCUT2D eigenvalue weighted by atomic mass is 16.4. The summed E-state index contributed by atoms with van der Waals surface area (Å²) in [6.45, 7) is 1.99. The first-order valence-electron chi connectivity index (χ1n) is 4.12. The monoisotopic (exact) mass is 172 g/mol. The molecule has 4 heteroatoms. The number of hydrogen-bond donors (Lipinski definition) is 3. The molecule has 0 rings (SSSR count). The van der Waals surface area contributed by atoms with E-state index in [2.05, 4.69) is 0 Å². The zero-order valence-electron chi connectivity index (χ0n) is 7.34. The van der Waals surface area contributed by atoms with E-state index in [1.54, 1.807) is 0 Å². The Bertz CT molecular complexity index is 168. The lowest BCUT2D eigenvalue weighted by atomic mass is 10.1. The molecule has 70 valence electrons. The van der Waals surface area contributed by atoms with Crippen LogP contribution in [0.5, 0.6) is 0 Å². The smallest absolute Gasteiger partial charge is 0.320 e. The number of carbonyl (C=O) groups is 1. The molecule has 0 saturated heterocycles. The van der Waals surface area contributed by atoms with Crippen LogP contribution in [-0.2, 0) is 4.79 Å². The maximum atomic E-state index is 10.3. The summed E-state index contributed by atoms with van der Waals surface area (Å²) in [5.74, 6) is -0.987. The summed E-state index contributed by atoms with van der Waals surface area (Å²) < 4.78 is 0. The molecule has 12 heavy (non-hydrogen) atoms. The molecular weight excluding hydrogens is 156 g/mol. The Labute approximate surface area is 72.3 Å². The minimum absolute atomic E-state index is 0.369. The third kappa shape index (κ3) is 4.85. The molecule has 0 aromatic heterocycles. The normalized spacial score (nSPS) is 12.5. The molecule has 0 aliphatic rings. The van der Waals surface area contributed by atoms with E-state index in [0.29, 0.717) is 18.6 Å². The van der Waals surface area contributed by atoms with Gasteiger partial charge in [-0.05, 0) is 19.3 Å². The van der Waals surface area contributed by atoms with Crippen molar-refractivity contribution in [3.05, 3.63) is 0 Å². The standard InChI is InChI=1S/C8H16N2O2/c1-2-3-6(9)4-5-7(10)8(11)12/h7,9H,2-5,10H2,1H3,(H,11,12). The van der Waals surface area contributed by atoms with Crippen molar-refractivity contribution in [3.8, 4) is 0 Å². The van der Waals surface area contributed by atoms with Gasteiger partial charge in [-0.2, -0.15) is 0 Å². The Morgan fingerprint density at radius 1 is 1.58 bits per heavy atom. The maximum Gasteiger partial charge on any atom is 0.320 e. The Morgan fingerprint density at radius 3 is 2.58 bits per heavy atom. The van der Waals surface area contributed by atoms with Crippen LogP contribution in [0.15, 0.2) is 0 Å². The third-order valence-electron chi connectivity index (χ3n) is 1.63. The number of nitrogens with one attached hydrogen (secondary N) is 1. The number of carboxylic acid groups (broad SMARTS) is 1. The van der Waals surface area contributed by atoms with Crippen molar-refractivity contribution in [1.29, 1.82) is 5.41 Å². The van der Waals surface area contributed by atoms with Crippen LogP contribution in [0.25, 0.3) is 0 Å². The Balaban J connectivity index is 3.54. The van der Waals surface area contributed by atoms with Gasteiger partial charge in [0.2, 0.25) is 0 Å². The third-order valence-corrected chi connectivity index (χ3v) is 1.63.